The van der Waals surface area contributed by atoms with Crippen molar-refractivity contribution >= 4 is 51.2 Å². The SMILES string of the molecule is COc1cc(C=C[N+](=O)[O-])cc(Br)c1OC(=O)COc1ccc(Cl)cc1Cl. The van der Waals surface area contributed by atoms with Gasteiger partial charge in [0.15, 0.2) is 18.1 Å². The first-order valence-corrected chi connectivity index (χ1v) is 8.83. The Kier molecular flexibility index (Phi) is 7.46. The summed E-state index contributed by atoms with van der Waals surface area (Å²) < 4.78 is 16.2. The maximum absolute atomic E-state index is 12.1. The lowest BCUT2D eigenvalue weighted by atomic mass is 10.2. The van der Waals surface area contributed by atoms with Gasteiger partial charge in [-0.15, -0.1) is 0 Å². The zero-order chi connectivity index (χ0) is 20.0. The van der Waals surface area contributed by atoms with E-state index in [2.05, 4.69) is 15.9 Å². The molecule has 0 aromatic heterocycles. The minimum absolute atomic E-state index is 0.117. The van der Waals surface area contributed by atoms with Crippen LogP contribution in [0.3, 0.4) is 0 Å². The zero-order valence-corrected chi connectivity index (χ0v) is 16.9. The van der Waals surface area contributed by atoms with E-state index in [1.54, 1.807) is 12.1 Å². The molecule has 0 spiro atoms. The van der Waals surface area contributed by atoms with Crippen LogP contribution in [0, 0.1) is 10.1 Å². The lowest BCUT2D eigenvalue weighted by Gasteiger charge is -2.13. The Hall–Kier alpha value is -2.29. The van der Waals surface area contributed by atoms with Crippen molar-refractivity contribution in [2.45, 2.75) is 0 Å². The summed E-state index contributed by atoms with van der Waals surface area (Å²) in [5, 5.41) is 11.1. The van der Waals surface area contributed by atoms with Gasteiger partial charge in [-0.05, 0) is 51.8 Å². The average Bonchev–Trinajstić information content (AvgIpc) is 2.61. The number of hydrogen-bond donors (Lipinski definition) is 0. The van der Waals surface area contributed by atoms with Gasteiger partial charge < -0.3 is 14.2 Å². The third-order valence-electron chi connectivity index (χ3n) is 3.10. The molecule has 10 heteroatoms. The van der Waals surface area contributed by atoms with Gasteiger partial charge in [-0.3, -0.25) is 10.1 Å². The fourth-order valence-electron chi connectivity index (χ4n) is 1.95. The Morgan fingerprint density at radius 1 is 1.26 bits per heavy atom. The second-order valence-electron chi connectivity index (χ2n) is 4.97. The molecule has 0 aliphatic carbocycles. The minimum atomic E-state index is -0.700. The van der Waals surface area contributed by atoms with Crippen molar-refractivity contribution in [2.24, 2.45) is 0 Å². The van der Waals surface area contributed by atoms with Crippen LogP contribution in [0.5, 0.6) is 17.2 Å². The quantitative estimate of drug-likeness (QED) is 0.242. The standard InChI is InChI=1S/C17H12BrCl2NO6/c1-25-15-7-10(4-5-21(23)24)6-12(18)17(15)27-16(22)9-26-14-3-2-11(19)8-13(14)20/h2-8H,9H2,1H3. The summed E-state index contributed by atoms with van der Waals surface area (Å²) in [6.07, 6.45) is 2.07. The van der Waals surface area contributed by atoms with E-state index in [0.717, 1.165) is 6.20 Å². The number of nitrogens with zero attached hydrogens (tertiary/aromatic N) is 1. The molecule has 0 N–H and O–H groups in total. The van der Waals surface area contributed by atoms with E-state index in [0.29, 0.717) is 15.1 Å². The number of nitro groups is 1. The molecule has 142 valence electrons. The van der Waals surface area contributed by atoms with Crippen molar-refractivity contribution < 1.29 is 23.9 Å². The predicted molar refractivity (Wildman–Crippen MR) is 104 cm³/mol. The van der Waals surface area contributed by atoms with Gasteiger partial charge in [-0.25, -0.2) is 4.79 Å². The van der Waals surface area contributed by atoms with E-state index >= 15 is 0 Å². The number of methoxy groups -OCH3 is 1. The molecule has 27 heavy (non-hydrogen) atoms. The van der Waals surface area contributed by atoms with E-state index in [-0.39, 0.29) is 22.3 Å². The van der Waals surface area contributed by atoms with Crippen LogP contribution in [0.4, 0.5) is 0 Å². The molecule has 0 aliphatic heterocycles. The number of carbonyl (C=O) groups excluding carboxylic acids is 1. The lowest BCUT2D eigenvalue weighted by molar-refractivity contribution is -0.400. The highest BCUT2D eigenvalue weighted by Crippen LogP contribution is 2.37. The van der Waals surface area contributed by atoms with E-state index < -0.39 is 17.5 Å². The summed E-state index contributed by atoms with van der Waals surface area (Å²) in [5.41, 5.74) is 0.486. The Labute approximate surface area is 172 Å². The van der Waals surface area contributed by atoms with Crippen molar-refractivity contribution in [1.82, 2.24) is 0 Å². The molecule has 0 saturated heterocycles. The van der Waals surface area contributed by atoms with Gasteiger partial charge in [0.2, 0.25) is 6.20 Å². The van der Waals surface area contributed by atoms with Crippen molar-refractivity contribution in [1.29, 1.82) is 0 Å². The summed E-state index contributed by atoms with van der Waals surface area (Å²) in [4.78, 5) is 21.9. The second kappa shape index (κ2) is 9.59. The second-order valence-corrected chi connectivity index (χ2v) is 6.67. The molecule has 0 bridgehead atoms. The molecular formula is C17H12BrCl2NO6. The number of hydrogen-bond acceptors (Lipinski definition) is 6. The molecule has 0 aliphatic rings. The summed E-state index contributed by atoms with van der Waals surface area (Å²) in [6.45, 7) is -0.403. The molecule has 0 unspecified atom stereocenters. The number of halogens is 3. The largest absolute Gasteiger partial charge is 0.493 e. The molecule has 2 aromatic carbocycles. The lowest BCUT2D eigenvalue weighted by Crippen LogP contribution is -2.18. The molecule has 0 saturated carbocycles. The molecule has 0 fully saturated rings. The monoisotopic (exact) mass is 475 g/mol. The van der Waals surface area contributed by atoms with Crippen LogP contribution in [0.25, 0.3) is 6.08 Å². The van der Waals surface area contributed by atoms with Crippen LogP contribution >= 0.6 is 39.1 Å². The number of esters is 1. The molecule has 0 heterocycles. The van der Waals surface area contributed by atoms with Gasteiger partial charge >= 0.3 is 5.97 Å². The molecule has 2 aromatic rings. The van der Waals surface area contributed by atoms with Gasteiger partial charge in [0.05, 0.1) is 21.5 Å². The Morgan fingerprint density at radius 3 is 2.63 bits per heavy atom. The molecule has 0 radical (unpaired) electrons. The summed E-state index contributed by atoms with van der Waals surface area (Å²) in [5.74, 6) is -0.0882. The minimum Gasteiger partial charge on any atom is -0.493 e. The maximum atomic E-state index is 12.1. The maximum Gasteiger partial charge on any atom is 0.349 e. The zero-order valence-electron chi connectivity index (χ0n) is 13.8. The number of carbonyl (C=O) groups is 1. The smallest absolute Gasteiger partial charge is 0.349 e. The highest BCUT2D eigenvalue weighted by atomic mass is 79.9. The van der Waals surface area contributed by atoms with E-state index in [9.17, 15) is 14.9 Å². The molecule has 2 rings (SSSR count). The first-order chi connectivity index (χ1) is 12.8. The molecule has 7 nitrogen and oxygen atoms in total. The van der Waals surface area contributed by atoms with Gasteiger partial charge in [0.1, 0.15) is 5.75 Å². The van der Waals surface area contributed by atoms with Crippen molar-refractivity contribution in [3.63, 3.8) is 0 Å². The van der Waals surface area contributed by atoms with Crippen LogP contribution in [0.1, 0.15) is 5.56 Å². The van der Waals surface area contributed by atoms with Gasteiger partial charge in [0, 0.05) is 11.1 Å². The Bertz CT molecular complexity index is 903. The summed E-state index contributed by atoms with van der Waals surface area (Å²) in [6, 6.07) is 7.63. The molecular weight excluding hydrogens is 465 g/mol. The Balaban J connectivity index is 2.11. The van der Waals surface area contributed by atoms with E-state index in [1.165, 1.54) is 31.4 Å². The summed E-state index contributed by atoms with van der Waals surface area (Å²) >= 11 is 15.0. The van der Waals surface area contributed by atoms with Gasteiger partial charge in [-0.1, -0.05) is 23.2 Å². The van der Waals surface area contributed by atoms with Crippen molar-refractivity contribution in [3.05, 3.63) is 66.7 Å². The van der Waals surface area contributed by atoms with Crippen molar-refractivity contribution in [2.75, 3.05) is 13.7 Å². The highest BCUT2D eigenvalue weighted by Gasteiger charge is 2.16. The number of rotatable bonds is 7. The fourth-order valence-corrected chi connectivity index (χ4v) is 2.96. The van der Waals surface area contributed by atoms with Crippen LogP contribution in [0.2, 0.25) is 10.0 Å². The topological polar surface area (TPSA) is 87.9 Å². The van der Waals surface area contributed by atoms with Gasteiger partial charge in [-0.2, -0.15) is 0 Å². The fraction of sp³-hybridized carbons (Fsp3) is 0.118. The van der Waals surface area contributed by atoms with Crippen LogP contribution < -0.4 is 14.2 Å². The number of ether oxygens (including phenoxy) is 3. The molecule has 0 atom stereocenters. The van der Waals surface area contributed by atoms with Crippen LogP contribution in [0.15, 0.2) is 41.0 Å². The van der Waals surface area contributed by atoms with E-state index in [1.807, 2.05) is 0 Å². The summed E-state index contributed by atoms with van der Waals surface area (Å²) in [7, 11) is 1.38. The normalized spacial score (nSPS) is 10.7. The third-order valence-corrected chi connectivity index (χ3v) is 4.22. The number of benzene rings is 2. The average molecular weight is 477 g/mol. The van der Waals surface area contributed by atoms with Gasteiger partial charge in [0.25, 0.3) is 0 Å². The van der Waals surface area contributed by atoms with Crippen molar-refractivity contribution in [3.8, 4) is 17.2 Å². The Morgan fingerprint density at radius 2 is 2.00 bits per heavy atom. The van der Waals surface area contributed by atoms with Crippen LogP contribution in [-0.4, -0.2) is 24.6 Å². The molecule has 0 amide bonds. The van der Waals surface area contributed by atoms with E-state index in [4.69, 9.17) is 37.4 Å². The first kappa shape index (κ1) is 21.0. The highest BCUT2D eigenvalue weighted by molar-refractivity contribution is 9.10. The predicted octanol–water partition coefficient (Wildman–Crippen LogP) is 5.00. The first-order valence-electron chi connectivity index (χ1n) is 7.28. The van der Waals surface area contributed by atoms with Crippen LogP contribution in [-0.2, 0) is 4.79 Å². The third kappa shape index (κ3) is 6.13.